The van der Waals surface area contributed by atoms with Gasteiger partial charge in [0.05, 0.1) is 17.0 Å². The number of rotatable bonds is 7. The number of carboxylic acids is 1. The van der Waals surface area contributed by atoms with Gasteiger partial charge in [-0.1, -0.05) is 13.8 Å². The van der Waals surface area contributed by atoms with E-state index in [4.69, 9.17) is 5.11 Å². The average molecular weight is 307 g/mol. The van der Waals surface area contributed by atoms with Crippen molar-refractivity contribution in [1.82, 2.24) is 4.72 Å². The van der Waals surface area contributed by atoms with E-state index >= 15 is 0 Å². The molecule has 0 atom stereocenters. The van der Waals surface area contributed by atoms with E-state index in [9.17, 15) is 18.3 Å². The van der Waals surface area contributed by atoms with Crippen molar-refractivity contribution in [3.63, 3.8) is 0 Å². The molecule has 0 fully saturated rings. The minimum atomic E-state index is -3.83. The average Bonchev–Trinajstić information content (AvgIpc) is 2.86. The van der Waals surface area contributed by atoms with E-state index in [0.717, 1.165) is 17.4 Å². The first-order chi connectivity index (χ1) is 8.80. The molecule has 0 aliphatic rings. The lowest BCUT2D eigenvalue weighted by molar-refractivity contribution is 0.0702. The standard InChI is InChI=1S/C11H17NO5S2/c1-3-11(4-2,7-13)12-19(16,17)8-5-9(10(14)15)18-6-8/h5-6,12-13H,3-4,7H2,1-2H3,(H,14,15). The molecule has 0 saturated carbocycles. The number of aromatic carboxylic acids is 1. The summed E-state index contributed by atoms with van der Waals surface area (Å²) in [4.78, 5) is 10.6. The van der Waals surface area contributed by atoms with Crippen molar-refractivity contribution < 1.29 is 23.4 Å². The van der Waals surface area contributed by atoms with Crippen LogP contribution >= 0.6 is 11.3 Å². The van der Waals surface area contributed by atoms with Crippen LogP contribution in [0.2, 0.25) is 0 Å². The summed E-state index contributed by atoms with van der Waals surface area (Å²) in [5.74, 6) is -1.16. The molecular weight excluding hydrogens is 290 g/mol. The summed E-state index contributed by atoms with van der Waals surface area (Å²) in [5, 5.41) is 19.4. The summed E-state index contributed by atoms with van der Waals surface area (Å²) in [6.45, 7) is 3.24. The van der Waals surface area contributed by atoms with Crippen LogP contribution in [0, 0.1) is 0 Å². The predicted molar refractivity (Wildman–Crippen MR) is 72.0 cm³/mol. The van der Waals surface area contributed by atoms with Crippen LogP contribution in [0.5, 0.6) is 0 Å². The van der Waals surface area contributed by atoms with Gasteiger partial charge >= 0.3 is 5.97 Å². The normalized spacial score (nSPS) is 12.6. The van der Waals surface area contributed by atoms with Crippen LogP contribution in [0.3, 0.4) is 0 Å². The molecule has 1 aromatic rings. The molecule has 3 N–H and O–H groups in total. The smallest absolute Gasteiger partial charge is 0.345 e. The van der Waals surface area contributed by atoms with Gasteiger partial charge in [0.1, 0.15) is 4.88 Å². The first-order valence-corrected chi connectivity index (χ1v) is 8.13. The van der Waals surface area contributed by atoms with Crippen LogP contribution in [0.4, 0.5) is 0 Å². The molecule has 0 unspecified atom stereocenters. The second-order valence-corrected chi connectivity index (χ2v) is 6.80. The molecule has 0 radical (unpaired) electrons. The molecule has 0 spiro atoms. The van der Waals surface area contributed by atoms with Crippen molar-refractivity contribution in [3.05, 3.63) is 16.3 Å². The van der Waals surface area contributed by atoms with Crippen molar-refractivity contribution in [2.45, 2.75) is 37.1 Å². The van der Waals surface area contributed by atoms with Crippen LogP contribution in [0.1, 0.15) is 36.4 Å². The van der Waals surface area contributed by atoms with Crippen LogP contribution in [0.25, 0.3) is 0 Å². The number of hydrogen-bond acceptors (Lipinski definition) is 5. The van der Waals surface area contributed by atoms with Crippen molar-refractivity contribution in [2.24, 2.45) is 0 Å². The summed E-state index contributed by atoms with van der Waals surface area (Å²) in [7, 11) is -3.83. The Morgan fingerprint density at radius 1 is 1.42 bits per heavy atom. The summed E-state index contributed by atoms with van der Waals surface area (Å²) in [6, 6.07) is 1.11. The second kappa shape index (κ2) is 6.00. The fourth-order valence-electron chi connectivity index (χ4n) is 1.57. The van der Waals surface area contributed by atoms with Gasteiger partial charge in [-0.05, 0) is 18.9 Å². The fourth-order valence-corrected chi connectivity index (χ4v) is 4.21. The monoisotopic (exact) mass is 307 g/mol. The highest BCUT2D eigenvalue weighted by Crippen LogP contribution is 2.23. The van der Waals surface area contributed by atoms with Gasteiger partial charge in [0, 0.05) is 5.38 Å². The predicted octanol–water partition coefficient (Wildman–Crippen LogP) is 1.28. The molecule has 0 bridgehead atoms. The summed E-state index contributed by atoms with van der Waals surface area (Å²) in [5.41, 5.74) is -0.913. The van der Waals surface area contributed by atoms with E-state index in [0.29, 0.717) is 12.8 Å². The Morgan fingerprint density at radius 3 is 2.37 bits per heavy atom. The van der Waals surface area contributed by atoms with Gasteiger partial charge in [0.15, 0.2) is 0 Å². The van der Waals surface area contributed by atoms with E-state index in [1.165, 1.54) is 5.38 Å². The third kappa shape index (κ3) is 3.53. The molecule has 6 nitrogen and oxygen atoms in total. The molecule has 0 amide bonds. The number of thiophene rings is 1. The Morgan fingerprint density at radius 2 is 2.00 bits per heavy atom. The molecule has 8 heteroatoms. The minimum absolute atomic E-state index is 0.0389. The quantitative estimate of drug-likeness (QED) is 0.704. The van der Waals surface area contributed by atoms with E-state index in [2.05, 4.69) is 4.72 Å². The lowest BCUT2D eigenvalue weighted by Gasteiger charge is -2.30. The molecule has 1 rings (SSSR count). The van der Waals surface area contributed by atoms with Crippen LogP contribution in [0.15, 0.2) is 16.3 Å². The zero-order valence-electron chi connectivity index (χ0n) is 10.7. The van der Waals surface area contributed by atoms with Crippen LogP contribution in [-0.4, -0.2) is 36.7 Å². The molecule has 19 heavy (non-hydrogen) atoms. The van der Waals surface area contributed by atoms with Gasteiger partial charge < -0.3 is 10.2 Å². The molecule has 0 aromatic carbocycles. The summed E-state index contributed by atoms with van der Waals surface area (Å²) >= 11 is 0.852. The second-order valence-electron chi connectivity index (χ2n) is 4.20. The first-order valence-electron chi connectivity index (χ1n) is 5.77. The lowest BCUT2D eigenvalue weighted by atomic mass is 9.96. The topological polar surface area (TPSA) is 104 Å². The van der Waals surface area contributed by atoms with Crippen molar-refractivity contribution in [3.8, 4) is 0 Å². The third-order valence-corrected chi connectivity index (χ3v) is 5.73. The number of nitrogens with one attached hydrogen (secondary N) is 1. The maximum atomic E-state index is 12.2. The van der Waals surface area contributed by atoms with E-state index < -0.39 is 21.5 Å². The maximum Gasteiger partial charge on any atom is 0.345 e. The molecule has 0 aliphatic heterocycles. The number of hydrogen-bond donors (Lipinski definition) is 3. The Hall–Kier alpha value is -0.960. The van der Waals surface area contributed by atoms with Gasteiger partial charge in [0.2, 0.25) is 10.0 Å². The van der Waals surface area contributed by atoms with E-state index in [1.54, 1.807) is 13.8 Å². The Balaban J connectivity index is 3.06. The molecule has 1 heterocycles. The molecule has 108 valence electrons. The van der Waals surface area contributed by atoms with Gasteiger partial charge in [-0.15, -0.1) is 11.3 Å². The van der Waals surface area contributed by atoms with Gasteiger partial charge in [-0.3, -0.25) is 0 Å². The molecule has 0 aliphatic carbocycles. The van der Waals surface area contributed by atoms with Crippen molar-refractivity contribution in [1.29, 1.82) is 0 Å². The van der Waals surface area contributed by atoms with Gasteiger partial charge in [0.25, 0.3) is 0 Å². The Kier molecular flexibility index (Phi) is 5.08. The zero-order valence-corrected chi connectivity index (χ0v) is 12.3. The number of aliphatic hydroxyl groups is 1. The zero-order chi connectivity index (χ0) is 14.7. The van der Waals surface area contributed by atoms with Crippen molar-refractivity contribution in [2.75, 3.05) is 6.61 Å². The number of carboxylic acid groups (broad SMARTS) is 1. The van der Waals surface area contributed by atoms with E-state index in [1.807, 2.05) is 0 Å². The van der Waals surface area contributed by atoms with Crippen LogP contribution in [-0.2, 0) is 10.0 Å². The van der Waals surface area contributed by atoms with Gasteiger partial charge in [-0.25, -0.2) is 17.9 Å². The summed E-state index contributed by atoms with van der Waals surface area (Å²) < 4.78 is 26.8. The Bertz CT molecular complexity index is 537. The number of aliphatic hydroxyl groups excluding tert-OH is 1. The Labute approximate surface area is 116 Å². The molecule has 1 aromatic heterocycles. The fraction of sp³-hybridized carbons (Fsp3) is 0.545. The minimum Gasteiger partial charge on any atom is -0.477 e. The highest BCUT2D eigenvalue weighted by Gasteiger charge is 2.32. The number of carbonyl (C=O) groups is 1. The van der Waals surface area contributed by atoms with Crippen molar-refractivity contribution >= 4 is 27.3 Å². The van der Waals surface area contributed by atoms with E-state index in [-0.39, 0.29) is 16.4 Å². The highest BCUT2D eigenvalue weighted by molar-refractivity contribution is 7.89. The summed E-state index contributed by atoms with van der Waals surface area (Å²) in [6.07, 6.45) is 0.879. The largest absolute Gasteiger partial charge is 0.477 e. The van der Waals surface area contributed by atoms with Gasteiger partial charge in [-0.2, -0.15) is 0 Å². The molecule has 0 saturated heterocycles. The molecular formula is C11H17NO5S2. The maximum absolute atomic E-state index is 12.2. The SMILES string of the molecule is CCC(CC)(CO)NS(=O)(=O)c1csc(C(=O)O)c1. The highest BCUT2D eigenvalue weighted by atomic mass is 32.2. The van der Waals surface area contributed by atoms with Crippen LogP contribution < -0.4 is 4.72 Å². The number of sulfonamides is 1. The third-order valence-electron chi connectivity index (χ3n) is 3.10. The lowest BCUT2D eigenvalue weighted by Crippen LogP contribution is -2.50. The first kappa shape index (κ1) is 16.1.